The lowest BCUT2D eigenvalue weighted by Crippen LogP contribution is -2.60. The second-order valence-electron chi connectivity index (χ2n) is 8.43. The Hall–Kier alpha value is -1.87. The van der Waals surface area contributed by atoms with Gasteiger partial charge in [0, 0.05) is 26.9 Å². The highest BCUT2D eigenvalue weighted by molar-refractivity contribution is 5.83. The lowest BCUT2D eigenvalue weighted by Gasteiger charge is -2.44. The molecule has 0 aliphatic carbocycles. The van der Waals surface area contributed by atoms with Crippen LogP contribution in [-0.2, 0) is 28.6 Å². The molecule has 1 heterocycles. The van der Waals surface area contributed by atoms with Crippen LogP contribution in [0.3, 0.4) is 0 Å². The van der Waals surface area contributed by atoms with Crippen LogP contribution in [0.4, 0.5) is 0 Å². The largest absolute Gasteiger partial charge is 0.462 e. The van der Waals surface area contributed by atoms with Gasteiger partial charge in [0.25, 0.3) is 11.7 Å². The van der Waals surface area contributed by atoms with E-state index in [1.54, 1.807) is 13.8 Å². The van der Waals surface area contributed by atoms with Crippen LogP contribution in [0, 0.1) is 11.8 Å². The molecule has 1 aliphatic rings. The Morgan fingerprint density at radius 1 is 1.19 bits per heavy atom. The van der Waals surface area contributed by atoms with Crippen LogP contribution < -0.4 is 11.5 Å². The van der Waals surface area contributed by atoms with Gasteiger partial charge in [0.15, 0.2) is 6.61 Å². The zero-order valence-electron chi connectivity index (χ0n) is 18.7. The average Bonchev–Trinajstić information content (AvgIpc) is 2.68. The van der Waals surface area contributed by atoms with Gasteiger partial charge in [-0.2, -0.15) is 0 Å². The molecule has 13 nitrogen and oxygen atoms in total. The molecule has 1 rings (SSSR count). The number of aliphatic hydroxyl groups excluding tert-OH is 3. The number of rotatable bonds is 10. The van der Waals surface area contributed by atoms with Crippen molar-refractivity contribution >= 4 is 17.8 Å². The molecule has 1 aliphatic heterocycles. The molecule has 0 saturated carbocycles. The Morgan fingerprint density at radius 2 is 1.78 bits per heavy atom. The Bertz CT molecular complexity index is 659. The van der Waals surface area contributed by atoms with Gasteiger partial charge in [-0.25, -0.2) is 4.79 Å². The van der Waals surface area contributed by atoms with Gasteiger partial charge in [0.1, 0.15) is 18.9 Å². The van der Waals surface area contributed by atoms with Crippen LogP contribution in [-0.4, -0.2) is 107 Å². The van der Waals surface area contributed by atoms with E-state index in [2.05, 4.69) is 0 Å². The molecule has 186 valence electrons. The quantitative estimate of drug-likeness (QED) is 0.138. The summed E-state index contributed by atoms with van der Waals surface area (Å²) in [6.07, 6.45) is -6.87. The normalized spacial score (nSPS) is 28.5. The lowest BCUT2D eigenvalue weighted by atomic mass is 9.83. The van der Waals surface area contributed by atoms with E-state index in [1.807, 2.05) is 0 Å². The van der Waals surface area contributed by atoms with Gasteiger partial charge in [-0.3, -0.25) is 9.59 Å². The third-order valence-electron chi connectivity index (χ3n) is 5.16. The second kappa shape index (κ2) is 11.8. The van der Waals surface area contributed by atoms with Crippen molar-refractivity contribution in [2.24, 2.45) is 23.3 Å². The van der Waals surface area contributed by atoms with Crippen LogP contribution >= 0.6 is 0 Å². The third kappa shape index (κ3) is 7.62. The van der Waals surface area contributed by atoms with E-state index in [-0.39, 0.29) is 12.3 Å². The molecule has 4 unspecified atom stereocenters. The number of nitrogens with two attached hydrogens (primary N) is 2. The zero-order chi connectivity index (χ0) is 24.8. The van der Waals surface area contributed by atoms with E-state index in [1.165, 1.54) is 19.0 Å². The van der Waals surface area contributed by atoms with Crippen molar-refractivity contribution in [1.82, 2.24) is 4.90 Å². The highest BCUT2D eigenvalue weighted by Gasteiger charge is 2.53. The molecule has 0 radical (unpaired) electrons. The Kier molecular flexibility index (Phi) is 10.4. The molecule has 1 saturated heterocycles. The number of hydrogen-bond acceptors (Lipinski definition) is 12. The smallest absolute Gasteiger partial charge is 0.367 e. The monoisotopic (exact) mass is 465 g/mol. The molecule has 8 N–H and O–H groups in total. The summed E-state index contributed by atoms with van der Waals surface area (Å²) in [5.41, 5.74) is 11.2. The summed E-state index contributed by atoms with van der Waals surface area (Å²) < 4.78 is 15.1. The van der Waals surface area contributed by atoms with Gasteiger partial charge in [-0.15, -0.1) is 0 Å². The molecule has 0 spiro atoms. The number of amides is 1. The topological polar surface area (TPSA) is 215 Å². The third-order valence-corrected chi connectivity index (χ3v) is 5.16. The molecule has 13 heteroatoms. The fourth-order valence-electron chi connectivity index (χ4n) is 3.08. The highest BCUT2D eigenvalue weighted by atomic mass is 16.7. The summed E-state index contributed by atoms with van der Waals surface area (Å²) in [5.74, 6) is -6.64. The summed E-state index contributed by atoms with van der Waals surface area (Å²) in [4.78, 5) is 37.0. The van der Waals surface area contributed by atoms with Gasteiger partial charge in [0.05, 0.1) is 24.2 Å². The number of carbonyl (C=O) groups is 3. The fraction of sp³-hybridized carbons (Fsp3) is 0.842. The molecule has 7 atom stereocenters. The Morgan fingerprint density at radius 3 is 2.28 bits per heavy atom. The van der Waals surface area contributed by atoms with Crippen LogP contribution in [0.1, 0.15) is 26.7 Å². The summed E-state index contributed by atoms with van der Waals surface area (Å²) >= 11 is 0. The lowest BCUT2D eigenvalue weighted by molar-refractivity contribution is -0.298. The molecular formula is C19H35N3O10. The maximum atomic E-state index is 12.3. The van der Waals surface area contributed by atoms with Gasteiger partial charge < -0.3 is 51.0 Å². The van der Waals surface area contributed by atoms with Gasteiger partial charge in [0.2, 0.25) is 0 Å². The van der Waals surface area contributed by atoms with Crippen molar-refractivity contribution in [2.75, 3.05) is 27.3 Å². The first kappa shape index (κ1) is 28.2. The van der Waals surface area contributed by atoms with Gasteiger partial charge >= 0.3 is 11.9 Å². The average molecular weight is 466 g/mol. The number of aliphatic hydroxyl groups is 4. The van der Waals surface area contributed by atoms with Crippen molar-refractivity contribution < 1.29 is 49.0 Å². The van der Waals surface area contributed by atoms with Gasteiger partial charge in [-0.05, 0) is 5.92 Å². The predicted molar refractivity (Wildman–Crippen MR) is 108 cm³/mol. The fourth-order valence-corrected chi connectivity index (χ4v) is 3.08. The van der Waals surface area contributed by atoms with Crippen LogP contribution in [0.25, 0.3) is 0 Å². The molecule has 0 aromatic heterocycles. The summed E-state index contributed by atoms with van der Waals surface area (Å²) in [6, 6.07) is -0.890. The standard InChI is InChI=1S/C19H35N3O10/c1-9(2)15(20)17(27)30-7-10(23)5-12-14(16(21)26)11(24)6-19(29,32-12)18(28)31-8-13(25)22(3)4/h9-12,14-16,23-24,26,29H,5-8,20-21H2,1-4H3/t10-,11?,12?,14?,15-,16-,19?/m0/s1. The Labute approximate surface area is 186 Å². The molecule has 0 aromatic rings. The molecule has 0 aromatic carbocycles. The predicted octanol–water partition coefficient (Wildman–Crippen LogP) is -3.37. The maximum absolute atomic E-state index is 12.3. The second-order valence-corrected chi connectivity index (χ2v) is 8.43. The van der Waals surface area contributed by atoms with Gasteiger partial charge in [-0.1, -0.05) is 13.8 Å². The number of ether oxygens (including phenoxy) is 3. The summed E-state index contributed by atoms with van der Waals surface area (Å²) in [6.45, 7) is 2.29. The number of nitrogens with zero attached hydrogens (tertiary/aromatic N) is 1. The van der Waals surface area contributed by atoms with E-state index in [9.17, 15) is 34.8 Å². The van der Waals surface area contributed by atoms with Crippen LogP contribution in [0.5, 0.6) is 0 Å². The summed E-state index contributed by atoms with van der Waals surface area (Å²) in [7, 11) is 2.88. The number of carbonyl (C=O) groups excluding carboxylic acids is 3. The van der Waals surface area contributed by atoms with Crippen molar-refractivity contribution in [2.45, 2.75) is 63.1 Å². The Balaban J connectivity index is 2.85. The van der Waals surface area contributed by atoms with Crippen LogP contribution in [0.15, 0.2) is 0 Å². The van der Waals surface area contributed by atoms with Crippen molar-refractivity contribution in [1.29, 1.82) is 0 Å². The van der Waals surface area contributed by atoms with Crippen molar-refractivity contribution in [3.8, 4) is 0 Å². The van der Waals surface area contributed by atoms with Crippen LogP contribution in [0.2, 0.25) is 0 Å². The molecule has 1 fully saturated rings. The van der Waals surface area contributed by atoms with E-state index in [0.29, 0.717) is 0 Å². The van der Waals surface area contributed by atoms with E-state index >= 15 is 0 Å². The number of likely N-dealkylation sites (N-methyl/N-ethyl adjacent to an activating group) is 1. The zero-order valence-corrected chi connectivity index (χ0v) is 18.7. The molecule has 32 heavy (non-hydrogen) atoms. The van der Waals surface area contributed by atoms with E-state index in [0.717, 1.165) is 0 Å². The highest BCUT2D eigenvalue weighted by Crippen LogP contribution is 2.35. The maximum Gasteiger partial charge on any atom is 0.367 e. The molecular weight excluding hydrogens is 430 g/mol. The first-order valence-electron chi connectivity index (χ1n) is 10.2. The first-order chi connectivity index (χ1) is 14.7. The molecule has 1 amide bonds. The van der Waals surface area contributed by atoms with Crippen molar-refractivity contribution in [3.05, 3.63) is 0 Å². The SMILES string of the molecule is CC(C)[C@H](N)C(=O)OC[C@@H](O)CC1OC(O)(C(=O)OCC(=O)N(C)C)CC(O)C1[C@@H](N)O. The minimum atomic E-state index is -2.65. The minimum Gasteiger partial charge on any atom is -0.462 e. The van der Waals surface area contributed by atoms with Crippen molar-refractivity contribution in [3.63, 3.8) is 0 Å². The molecule has 0 bridgehead atoms. The number of esters is 2. The number of hydrogen-bond donors (Lipinski definition) is 6. The summed E-state index contributed by atoms with van der Waals surface area (Å²) in [5, 5.41) is 41.1. The van der Waals surface area contributed by atoms with E-state index < -0.39 is 79.8 Å². The first-order valence-corrected chi connectivity index (χ1v) is 10.2. The van der Waals surface area contributed by atoms with E-state index in [4.69, 9.17) is 25.7 Å². The minimum absolute atomic E-state index is 0.186.